The van der Waals surface area contributed by atoms with E-state index in [1.165, 1.54) is 0 Å². The molecule has 1 aliphatic heterocycles. The third kappa shape index (κ3) is 3.18. The minimum Gasteiger partial charge on any atom is -0.381 e. The monoisotopic (exact) mass is 262 g/mol. The van der Waals surface area contributed by atoms with Crippen molar-refractivity contribution in [1.29, 1.82) is 5.26 Å². The quantitative estimate of drug-likeness (QED) is 0.827. The summed E-state index contributed by atoms with van der Waals surface area (Å²) in [6.07, 6.45) is 2.54. The van der Waals surface area contributed by atoms with Crippen LogP contribution in [0.1, 0.15) is 25.3 Å². The Hall–Kier alpha value is -1.18. The van der Waals surface area contributed by atoms with Crippen molar-refractivity contribution in [3.05, 3.63) is 23.8 Å². The Labute approximate surface area is 113 Å². The summed E-state index contributed by atoms with van der Waals surface area (Å²) in [7, 11) is 0. The van der Waals surface area contributed by atoms with Gasteiger partial charge in [0.25, 0.3) is 0 Å². The molecule has 0 spiro atoms. The number of nitriles is 1. The second kappa shape index (κ2) is 6.67. The molecule has 0 saturated carbocycles. The highest BCUT2D eigenvalue weighted by molar-refractivity contribution is 7.99. The molecule has 1 aliphatic rings. The van der Waals surface area contributed by atoms with E-state index in [4.69, 9.17) is 4.74 Å². The van der Waals surface area contributed by atoms with Crippen molar-refractivity contribution in [2.75, 3.05) is 24.2 Å². The van der Waals surface area contributed by atoms with Crippen molar-refractivity contribution in [1.82, 2.24) is 0 Å². The molecule has 0 bridgehead atoms. The second-order valence-corrected chi connectivity index (χ2v) is 5.55. The molecule has 3 nitrogen and oxygen atoms in total. The minimum absolute atomic E-state index is 0.291. The average molecular weight is 262 g/mol. The summed E-state index contributed by atoms with van der Waals surface area (Å²) in [6.45, 7) is 3.75. The number of benzene rings is 1. The lowest BCUT2D eigenvalue weighted by molar-refractivity contribution is 0.120. The Bertz CT molecular complexity index is 436. The van der Waals surface area contributed by atoms with Gasteiger partial charge in [-0.1, -0.05) is 13.0 Å². The minimum atomic E-state index is 0.291. The summed E-state index contributed by atoms with van der Waals surface area (Å²) in [4.78, 5) is 1.05. The topological polar surface area (TPSA) is 45.0 Å². The Morgan fingerprint density at radius 1 is 1.56 bits per heavy atom. The van der Waals surface area contributed by atoms with E-state index in [1.807, 2.05) is 18.2 Å². The standard InChI is InChI=1S/C14H18N2OS/c1-2-18-14-7-3-6-13(12(14)9-15)16-10-11-5-4-8-17-11/h3,6-7,11,16H,2,4-5,8,10H2,1H3. The maximum atomic E-state index is 9.28. The highest BCUT2D eigenvalue weighted by Crippen LogP contribution is 2.28. The van der Waals surface area contributed by atoms with Crippen molar-refractivity contribution in [3.8, 4) is 6.07 Å². The summed E-state index contributed by atoms with van der Waals surface area (Å²) < 4.78 is 5.58. The van der Waals surface area contributed by atoms with Crippen molar-refractivity contribution >= 4 is 17.4 Å². The first-order valence-corrected chi connectivity index (χ1v) is 7.35. The molecular weight excluding hydrogens is 244 g/mol. The number of hydrogen-bond acceptors (Lipinski definition) is 4. The van der Waals surface area contributed by atoms with Gasteiger partial charge in [0.05, 0.1) is 17.4 Å². The zero-order chi connectivity index (χ0) is 12.8. The summed E-state index contributed by atoms with van der Waals surface area (Å²) in [5.74, 6) is 0.976. The molecule has 1 atom stereocenters. The van der Waals surface area contributed by atoms with E-state index in [0.717, 1.165) is 47.9 Å². The van der Waals surface area contributed by atoms with Gasteiger partial charge in [0.2, 0.25) is 0 Å². The molecule has 1 unspecified atom stereocenters. The molecule has 0 aromatic heterocycles. The molecule has 1 heterocycles. The summed E-state index contributed by atoms with van der Waals surface area (Å²) in [6, 6.07) is 8.27. The van der Waals surface area contributed by atoms with E-state index in [-0.39, 0.29) is 0 Å². The van der Waals surface area contributed by atoms with Crippen molar-refractivity contribution < 1.29 is 4.74 Å². The zero-order valence-electron chi connectivity index (χ0n) is 10.6. The van der Waals surface area contributed by atoms with Crippen molar-refractivity contribution in [2.45, 2.75) is 30.8 Å². The molecule has 1 saturated heterocycles. The highest BCUT2D eigenvalue weighted by atomic mass is 32.2. The molecular formula is C14H18N2OS. The van der Waals surface area contributed by atoms with Gasteiger partial charge >= 0.3 is 0 Å². The number of rotatable bonds is 5. The predicted octanol–water partition coefficient (Wildman–Crippen LogP) is 3.26. The molecule has 1 fully saturated rings. The van der Waals surface area contributed by atoms with Crippen LogP contribution in [0.3, 0.4) is 0 Å². The second-order valence-electron chi connectivity index (χ2n) is 4.24. The molecule has 1 aromatic carbocycles. The fraction of sp³-hybridized carbons (Fsp3) is 0.500. The maximum Gasteiger partial charge on any atom is 0.102 e. The van der Waals surface area contributed by atoms with E-state index in [9.17, 15) is 5.26 Å². The molecule has 2 rings (SSSR count). The zero-order valence-corrected chi connectivity index (χ0v) is 11.4. The van der Waals surface area contributed by atoms with Gasteiger partial charge in [-0.25, -0.2) is 0 Å². The molecule has 96 valence electrons. The van der Waals surface area contributed by atoms with Crippen molar-refractivity contribution in [3.63, 3.8) is 0 Å². The van der Waals surface area contributed by atoms with Crippen LogP contribution in [0.4, 0.5) is 5.69 Å². The molecule has 0 aliphatic carbocycles. The lowest BCUT2D eigenvalue weighted by Gasteiger charge is -2.14. The first-order valence-electron chi connectivity index (χ1n) is 6.36. The van der Waals surface area contributed by atoms with E-state index in [1.54, 1.807) is 11.8 Å². The molecule has 1 N–H and O–H groups in total. The maximum absolute atomic E-state index is 9.28. The number of nitrogens with zero attached hydrogens (tertiary/aromatic N) is 1. The fourth-order valence-electron chi connectivity index (χ4n) is 2.10. The lowest BCUT2D eigenvalue weighted by Crippen LogP contribution is -2.18. The van der Waals surface area contributed by atoms with Crippen LogP contribution in [-0.4, -0.2) is 25.0 Å². The third-order valence-corrected chi connectivity index (χ3v) is 3.92. The van der Waals surface area contributed by atoms with Crippen LogP contribution in [0.15, 0.2) is 23.1 Å². The Morgan fingerprint density at radius 2 is 2.44 bits per heavy atom. The van der Waals surface area contributed by atoms with E-state index >= 15 is 0 Å². The Morgan fingerprint density at radius 3 is 3.11 bits per heavy atom. The first kappa shape index (κ1) is 13.3. The summed E-state index contributed by atoms with van der Waals surface area (Å²) in [5, 5.41) is 12.6. The van der Waals surface area contributed by atoms with Gasteiger partial charge in [0.15, 0.2) is 0 Å². The van der Waals surface area contributed by atoms with Crippen LogP contribution < -0.4 is 5.32 Å². The average Bonchev–Trinajstić information content (AvgIpc) is 2.90. The summed E-state index contributed by atoms with van der Waals surface area (Å²) in [5.41, 5.74) is 1.67. The van der Waals surface area contributed by atoms with Crippen molar-refractivity contribution in [2.24, 2.45) is 0 Å². The van der Waals surface area contributed by atoms with Gasteiger partial charge in [0.1, 0.15) is 6.07 Å². The van der Waals surface area contributed by atoms with Gasteiger partial charge in [-0.3, -0.25) is 0 Å². The normalized spacial score (nSPS) is 18.6. The predicted molar refractivity (Wildman–Crippen MR) is 75.0 cm³/mol. The van der Waals surface area contributed by atoms with Gasteiger partial charge in [-0.2, -0.15) is 5.26 Å². The smallest absolute Gasteiger partial charge is 0.102 e. The van der Waals surface area contributed by atoms with Crippen LogP contribution in [-0.2, 0) is 4.74 Å². The van der Waals surface area contributed by atoms with Crippen LogP contribution in [0, 0.1) is 11.3 Å². The van der Waals surface area contributed by atoms with Crippen LogP contribution >= 0.6 is 11.8 Å². The SMILES string of the molecule is CCSc1cccc(NCC2CCCO2)c1C#N. The first-order chi connectivity index (χ1) is 8.85. The molecule has 0 amide bonds. The number of hydrogen-bond donors (Lipinski definition) is 1. The number of nitrogens with one attached hydrogen (secondary N) is 1. The Balaban J connectivity index is 2.06. The van der Waals surface area contributed by atoms with Gasteiger partial charge in [0, 0.05) is 18.0 Å². The van der Waals surface area contributed by atoms with Crippen LogP contribution in [0.5, 0.6) is 0 Å². The largest absolute Gasteiger partial charge is 0.381 e. The van der Waals surface area contributed by atoms with E-state index in [2.05, 4.69) is 18.3 Å². The molecule has 0 radical (unpaired) electrons. The highest BCUT2D eigenvalue weighted by Gasteiger charge is 2.16. The van der Waals surface area contributed by atoms with Gasteiger partial charge in [-0.05, 0) is 30.7 Å². The summed E-state index contributed by atoms with van der Waals surface area (Å²) >= 11 is 1.71. The number of anilines is 1. The van der Waals surface area contributed by atoms with Gasteiger partial charge < -0.3 is 10.1 Å². The molecule has 18 heavy (non-hydrogen) atoms. The van der Waals surface area contributed by atoms with E-state index in [0.29, 0.717) is 6.10 Å². The molecule has 1 aromatic rings. The van der Waals surface area contributed by atoms with Crippen LogP contribution in [0.25, 0.3) is 0 Å². The number of ether oxygens (including phenoxy) is 1. The van der Waals surface area contributed by atoms with Crippen LogP contribution in [0.2, 0.25) is 0 Å². The lowest BCUT2D eigenvalue weighted by atomic mass is 10.2. The van der Waals surface area contributed by atoms with Gasteiger partial charge in [-0.15, -0.1) is 11.8 Å². The Kier molecular flexibility index (Phi) is 4.91. The number of thioether (sulfide) groups is 1. The molecule has 4 heteroatoms. The fourth-order valence-corrected chi connectivity index (χ4v) is 2.88. The van der Waals surface area contributed by atoms with E-state index < -0.39 is 0 Å². The third-order valence-electron chi connectivity index (χ3n) is 2.98.